The van der Waals surface area contributed by atoms with Crippen molar-refractivity contribution in [3.8, 4) is 5.75 Å². The Balaban J connectivity index is 2.83. The summed E-state index contributed by atoms with van der Waals surface area (Å²) in [4.78, 5) is 1.82. The van der Waals surface area contributed by atoms with Crippen molar-refractivity contribution in [2.24, 2.45) is 0 Å². The van der Waals surface area contributed by atoms with Crippen LogP contribution < -0.4 is 4.74 Å². The van der Waals surface area contributed by atoms with Crippen LogP contribution in [0.15, 0.2) is 18.2 Å². The molecule has 114 valence electrons. The van der Waals surface area contributed by atoms with E-state index in [0.717, 1.165) is 11.1 Å². The summed E-state index contributed by atoms with van der Waals surface area (Å²) in [5, 5.41) is 28.4. The molecule has 1 atom stereocenters. The van der Waals surface area contributed by atoms with Gasteiger partial charge in [-0.25, -0.2) is 0 Å². The molecule has 1 aromatic rings. The van der Waals surface area contributed by atoms with Crippen LogP contribution in [0.25, 0.3) is 0 Å². The van der Waals surface area contributed by atoms with Crippen LogP contribution in [0.5, 0.6) is 5.75 Å². The molecule has 1 aromatic carbocycles. The van der Waals surface area contributed by atoms with Crippen molar-refractivity contribution in [2.45, 2.75) is 20.0 Å². The minimum Gasteiger partial charge on any atom is -0.493 e. The molecule has 1 unspecified atom stereocenters. The van der Waals surface area contributed by atoms with E-state index < -0.39 is 6.10 Å². The molecule has 1 rings (SSSR count). The van der Waals surface area contributed by atoms with Crippen molar-refractivity contribution in [1.29, 1.82) is 0 Å². The minimum atomic E-state index is -0.713. The molecular formula is C15H25NO4. The summed E-state index contributed by atoms with van der Waals surface area (Å²) in [7, 11) is 0. The molecule has 0 fully saturated rings. The number of aliphatic hydroxyl groups excluding tert-OH is 3. The molecule has 0 heterocycles. The van der Waals surface area contributed by atoms with Crippen LogP contribution in [-0.2, 0) is 0 Å². The Hall–Kier alpha value is -1.14. The first-order chi connectivity index (χ1) is 9.62. The Morgan fingerprint density at radius 3 is 2.40 bits per heavy atom. The minimum absolute atomic E-state index is 0.00114. The van der Waals surface area contributed by atoms with Crippen molar-refractivity contribution in [1.82, 2.24) is 4.90 Å². The van der Waals surface area contributed by atoms with Gasteiger partial charge in [0.05, 0.1) is 25.9 Å². The van der Waals surface area contributed by atoms with E-state index in [1.54, 1.807) is 0 Å². The second kappa shape index (κ2) is 8.92. The molecule has 0 aliphatic rings. The lowest BCUT2D eigenvalue weighted by Crippen LogP contribution is -2.33. The van der Waals surface area contributed by atoms with Crippen molar-refractivity contribution in [2.75, 3.05) is 39.5 Å². The Bertz CT molecular complexity index is 391. The van der Waals surface area contributed by atoms with E-state index in [2.05, 4.69) is 0 Å². The number of hydrogen-bond acceptors (Lipinski definition) is 5. The number of aliphatic hydroxyl groups is 3. The number of rotatable bonds is 9. The van der Waals surface area contributed by atoms with Crippen LogP contribution in [-0.4, -0.2) is 59.7 Å². The first kappa shape index (κ1) is 16.9. The first-order valence-corrected chi connectivity index (χ1v) is 6.97. The van der Waals surface area contributed by atoms with E-state index in [1.807, 2.05) is 36.9 Å². The van der Waals surface area contributed by atoms with E-state index >= 15 is 0 Å². The van der Waals surface area contributed by atoms with Gasteiger partial charge in [0.1, 0.15) is 5.75 Å². The zero-order chi connectivity index (χ0) is 15.0. The maximum atomic E-state index is 10.4. The molecule has 20 heavy (non-hydrogen) atoms. The Labute approximate surface area is 120 Å². The molecule has 0 aliphatic carbocycles. The monoisotopic (exact) mass is 283 g/mol. The van der Waals surface area contributed by atoms with Crippen LogP contribution in [0.3, 0.4) is 0 Å². The summed E-state index contributed by atoms with van der Waals surface area (Å²) in [5.41, 5.74) is 1.80. The number of ether oxygens (including phenoxy) is 1. The third-order valence-corrected chi connectivity index (χ3v) is 3.09. The summed E-state index contributed by atoms with van der Waals surface area (Å²) >= 11 is 0. The van der Waals surface area contributed by atoms with Gasteiger partial charge < -0.3 is 20.1 Å². The number of hydrogen-bond donors (Lipinski definition) is 3. The lowest BCUT2D eigenvalue weighted by atomic mass is 10.0. The fourth-order valence-electron chi connectivity index (χ4n) is 2.14. The summed E-state index contributed by atoms with van der Waals surface area (Å²) in [6, 6.07) is 5.71. The zero-order valence-electron chi connectivity index (χ0n) is 12.2. The summed E-state index contributed by atoms with van der Waals surface area (Å²) in [6.45, 7) is 5.61. The lowest BCUT2D eigenvalue weighted by Gasteiger charge is -2.24. The van der Waals surface area contributed by atoms with Gasteiger partial charge in [0.2, 0.25) is 0 Å². The van der Waals surface area contributed by atoms with Gasteiger partial charge >= 0.3 is 0 Å². The topological polar surface area (TPSA) is 73.2 Å². The predicted octanol–water partition coefficient (Wildman–Crippen LogP) is 0.714. The second-order valence-electron chi connectivity index (χ2n) is 4.74. The summed E-state index contributed by atoms with van der Waals surface area (Å²) < 4.78 is 5.54. The highest BCUT2D eigenvalue weighted by Gasteiger charge is 2.17. The molecule has 0 aromatic heterocycles. The first-order valence-electron chi connectivity index (χ1n) is 6.97. The Morgan fingerprint density at radius 2 is 1.85 bits per heavy atom. The third kappa shape index (κ3) is 5.09. The van der Waals surface area contributed by atoms with Crippen LogP contribution in [0.2, 0.25) is 0 Å². The predicted molar refractivity (Wildman–Crippen MR) is 77.9 cm³/mol. The average Bonchev–Trinajstić information content (AvgIpc) is 2.41. The largest absolute Gasteiger partial charge is 0.493 e. The third-order valence-electron chi connectivity index (χ3n) is 3.09. The van der Waals surface area contributed by atoms with Gasteiger partial charge in [-0.2, -0.15) is 0 Å². The quantitative estimate of drug-likeness (QED) is 0.622. The van der Waals surface area contributed by atoms with Crippen LogP contribution >= 0.6 is 0 Å². The molecule has 0 bridgehead atoms. The lowest BCUT2D eigenvalue weighted by molar-refractivity contribution is 0.0855. The highest BCUT2D eigenvalue weighted by atomic mass is 16.5. The van der Waals surface area contributed by atoms with Gasteiger partial charge in [0.15, 0.2) is 0 Å². The van der Waals surface area contributed by atoms with E-state index in [4.69, 9.17) is 14.9 Å². The van der Waals surface area contributed by atoms with Gasteiger partial charge in [-0.05, 0) is 26.0 Å². The Morgan fingerprint density at radius 1 is 1.20 bits per heavy atom. The highest BCUT2D eigenvalue weighted by molar-refractivity contribution is 5.38. The summed E-state index contributed by atoms with van der Waals surface area (Å²) in [6.07, 6.45) is -0.713. The van der Waals surface area contributed by atoms with Gasteiger partial charge in [0.25, 0.3) is 0 Å². The molecule has 0 amide bonds. The summed E-state index contributed by atoms with van der Waals surface area (Å²) in [5.74, 6) is 0.679. The highest BCUT2D eigenvalue weighted by Crippen LogP contribution is 2.27. The van der Waals surface area contributed by atoms with Gasteiger partial charge in [-0.15, -0.1) is 0 Å². The molecule has 0 saturated heterocycles. The van der Waals surface area contributed by atoms with Gasteiger partial charge in [0, 0.05) is 25.2 Å². The number of aryl methyl sites for hydroxylation is 1. The number of benzene rings is 1. The van der Waals surface area contributed by atoms with Crippen LogP contribution in [0, 0.1) is 6.92 Å². The zero-order valence-corrected chi connectivity index (χ0v) is 12.2. The smallest absolute Gasteiger partial charge is 0.125 e. The molecule has 0 spiro atoms. The molecule has 5 nitrogen and oxygen atoms in total. The molecule has 3 N–H and O–H groups in total. The molecule has 0 saturated carbocycles. The van der Waals surface area contributed by atoms with Crippen molar-refractivity contribution < 1.29 is 20.1 Å². The maximum absolute atomic E-state index is 10.4. The average molecular weight is 283 g/mol. The van der Waals surface area contributed by atoms with E-state index in [-0.39, 0.29) is 13.2 Å². The molecule has 0 radical (unpaired) electrons. The van der Waals surface area contributed by atoms with Crippen LogP contribution in [0.1, 0.15) is 24.2 Å². The number of nitrogens with zero attached hydrogens (tertiary/aromatic N) is 1. The van der Waals surface area contributed by atoms with E-state index in [0.29, 0.717) is 32.0 Å². The molecule has 5 heteroatoms. The van der Waals surface area contributed by atoms with Gasteiger partial charge in [-0.1, -0.05) is 11.6 Å². The molecular weight excluding hydrogens is 258 g/mol. The fourth-order valence-corrected chi connectivity index (χ4v) is 2.14. The normalized spacial score (nSPS) is 12.7. The van der Waals surface area contributed by atoms with Crippen molar-refractivity contribution in [3.63, 3.8) is 0 Å². The Kier molecular flexibility index (Phi) is 7.54. The fraction of sp³-hybridized carbons (Fsp3) is 0.600. The van der Waals surface area contributed by atoms with E-state index in [1.165, 1.54) is 0 Å². The second-order valence-corrected chi connectivity index (χ2v) is 4.74. The van der Waals surface area contributed by atoms with Crippen molar-refractivity contribution >= 4 is 0 Å². The maximum Gasteiger partial charge on any atom is 0.125 e. The molecule has 0 aliphatic heterocycles. The van der Waals surface area contributed by atoms with Gasteiger partial charge in [-0.3, -0.25) is 4.90 Å². The SMILES string of the molecule is CCOc1ccc(C)cc1C(O)CN(CCO)CCO. The van der Waals surface area contributed by atoms with Crippen LogP contribution in [0.4, 0.5) is 0 Å². The van der Waals surface area contributed by atoms with E-state index in [9.17, 15) is 5.11 Å². The van der Waals surface area contributed by atoms with Crippen molar-refractivity contribution in [3.05, 3.63) is 29.3 Å². The standard InChI is InChI=1S/C15H25NO4/c1-3-20-15-5-4-12(2)10-13(15)14(19)11-16(6-8-17)7-9-18/h4-5,10,14,17-19H,3,6-9,11H2,1-2H3.